The molecule has 5 nitrogen and oxygen atoms in total. The average Bonchev–Trinajstić information content (AvgIpc) is 3.03. The molecular formula is C24H16BrNO4S. The minimum atomic E-state index is -0.465. The molecule has 0 radical (unpaired) electrons. The maximum atomic E-state index is 12.8. The Morgan fingerprint density at radius 1 is 0.968 bits per heavy atom. The van der Waals surface area contributed by atoms with E-state index >= 15 is 0 Å². The second-order valence-corrected chi connectivity index (χ2v) is 8.63. The van der Waals surface area contributed by atoms with E-state index in [0.29, 0.717) is 21.8 Å². The van der Waals surface area contributed by atoms with Gasteiger partial charge in [-0.1, -0.05) is 58.4 Å². The van der Waals surface area contributed by atoms with Crippen molar-refractivity contribution in [3.8, 4) is 5.75 Å². The molecule has 1 saturated heterocycles. The van der Waals surface area contributed by atoms with Gasteiger partial charge < -0.3 is 4.74 Å². The Balaban J connectivity index is 1.49. The molecule has 2 amide bonds. The lowest BCUT2D eigenvalue weighted by molar-refractivity contribution is -0.123. The molecule has 31 heavy (non-hydrogen) atoms. The van der Waals surface area contributed by atoms with Gasteiger partial charge in [0.2, 0.25) is 0 Å². The summed E-state index contributed by atoms with van der Waals surface area (Å²) in [5.74, 6) is -0.450. The van der Waals surface area contributed by atoms with Crippen LogP contribution in [0.25, 0.3) is 6.08 Å². The third-order valence-electron chi connectivity index (χ3n) is 4.50. The van der Waals surface area contributed by atoms with Crippen LogP contribution < -0.4 is 4.74 Å². The van der Waals surface area contributed by atoms with Gasteiger partial charge in [-0.3, -0.25) is 14.5 Å². The molecule has 154 valence electrons. The summed E-state index contributed by atoms with van der Waals surface area (Å²) in [6.07, 6.45) is 1.63. The first kappa shape index (κ1) is 21.1. The zero-order valence-electron chi connectivity index (χ0n) is 16.2. The van der Waals surface area contributed by atoms with Crippen molar-refractivity contribution in [3.63, 3.8) is 0 Å². The van der Waals surface area contributed by atoms with Crippen LogP contribution in [-0.4, -0.2) is 22.0 Å². The van der Waals surface area contributed by atoms with Crippen LogP contribution in [0.1, 0.15) is 21.5 Å². The van der Waals surface area contributed by atoms with Crippen molar-refractivity contribution in [1.82, 2.24) is 4.90 Å². The van der Waals surface area contributed by atoms with E-state index < -0.39 is 5.97 Å². The summed E-state index contributed by atoms with van der Waals surface area (Å²) in [7, 11) is 0. The summed E-state index contributed by atoms with van der Waals surface area (Å²) in [4.78, 5) is 38.9. The van der Waals surface area contributed by atoms with Crippen LogP contribution in [0.15, 0.2) is 88.2 Å². The second-order valence-electron chi connectivity index (χ2n) is 6.72. The van der Waals surface area contributed by atoms with Gasteiger partial charge in [-0.15, -0.1) is 0 Å². The highest BCUT2D eigenvalue weighted by molar-refractivity contribution is 9.10. The standard InChI is InChI=1S/C24H16BrNO4S/c25-19-11-9-16(10-12-19)15-26-22(27)21(31-24(26)29)14-17-5-4-8-20(13-17)30-23(28)18-6-2-1-3-7-18/h1-14H,15H2/b21-14-. The highest BCUT2D eigenvalue weighted by Crippen LogP contribution is 2.33. The Morgan fingerprint density at radius 3 is 2.45 bits per heavy atom. The molecule has 1 aliphatic rings. The van der Waals surface area contributed by atoms with E-state index in [1.165, 1.54) is 4.90 Å². The molecule has 3 aromatic rings. The van der Waals surface area contributed by atoms with E-state index in [9.17, 15) is 14.4 Å². The van der Waals surface area contributed by atoms with Crippen LogP contribution in [0.3, 0.4) is 0 Å². The van der Waals surface area contributed by atoms with Gasteiger partial charge >= 0.3 is 5.97 Å². The molecular weight excluding hydrogens is 478 g/mol. The Bertz CT molecular complexity index is 1180. The molecule has 7 heteroatoms. The summed E-state index contributed by atoms with van der Waals surface area (Å²) in [5, 5.41) is -0.314. The van der Waals surface area contributed by atoms with Crippen molar-refractivity contribution in [2.24, 2.45) is 0 Å². The Morgan fingerprint density at radius 2 is 1.71 bits per heavy atom. The number of hydrogen-bond donors (Lipinski definition) is 0. The van der Waals surface area contributed by atoms with Gasteiger partial charge in [0, 0.05) is 4.47 Å². The van der Waals surface area contributed by atoms with E-state index in [0.717, 1.165) is 21.8 Å². The number of esters is 1. The van der Waals surface area contributed by atoms with Crippen molar-refractivity contribution in [3.05, 3.63) is 105 Å². The first-order chi connectivity index (χ1) is 15.0. The Labute approximate surface area is 191 Å². The van der Waals surface area contributed by atoms with E-state index in [1.54, 1.807) is 54.6 Å². The number of thioether (sulfide) groups is 1. The minimum Gasteiger partial charge on any atom is -0.423 e. The largest absolute Gasteiger partial charge is 0.423 e. The lowest BCUT2D eigenvalue weighted by Crippen LogP contribution is -2.27. The van der Waals surface area contributed by atoms with E-state index in [4.69, 9.17) is 4.74 Å². The number of imide groups is 1. The van der Waals surface area contributed by atoms with Crippen molar-refractivity contribution in [1.29, 1.82) is 0 Å². The summed E-state index contributed by atoms with van der Waals surface area (Å²) >= 11 is 4.27. The lowest BCUT2D eigenvalue weighted by Gasteiger charge is -2.12. The van der Waals surface area contributed by atoms with Crippen molar-refractivity contribution < 1.29 is 19.1 Å². The maximum absolute atomic E-state index is 12.8. The highest BCUT2D eigenvalue weighted by atomic mass is 79.9. The summed E-state index contributed by atoms with van der Waals surface area (Å²) in [5.41, 5.74) is 1.97. The molecule has 3 aromatic carbocycles. The number of benzene rings is 3. The fourth-order valence-electron chi connectivity index (χ4n) is 2.97. The number of hydrogen-bond acceptors (Lipinski definition) is 5. The van der Waals surface area contributed by atoms with Crippen LogP contribution in [0.5, 0.6) is 5.75 Å². The SMILES string of the molecule is O=C(Oc1cccc(/C=C2\SC(=O)N(Cc3ccc(Br)cc3)C2=O)c1)c1ccccc1. The molecule has 1 fully saturated rings. The first-order valence-electron chi connectivity index (χ1n) is 9.37. The van der Waals surface area contributed by atoms with Crippen LogP contribution in [0.4, 0.5) is 4.79 Å². The molecule has 1 heterocycles. The summed E-state index contributed by atoms with van der Waals surface area (Å²) < 4.78 is 6.35. The van der Waals surface area contributed by atoms with Gasteiger partial charge in [0.05, 0.1) is 17.0 Å². The summed E-state index contributed by atoms with van der Waals surface area (Å²) in [6.45, 7) is 0.212. The Kier molecular flexibility index (Phi) is 6.34. The normalized spacial score (nSPS) is 14.9. The van der Waals surface area contributed by atoms with E-state index in [1.807, 2.05) is 30.3 Å². The molecule has 0 aliphatic carbocycles. The quantitative estimate of drug-likeness (QED) is 0.251. The minimum absolute atomic E-state index is 0.212. The number of amides is 2. The number of ether oxygens (including phenoxy) is 1. The van der Waals surface area contributed by atoms with Crippen LogP contribution in [0.2, 0.25) is 0 Å². The zero-order chi connectivity index (χ0) is 21.8. The predicted octanol–water partition coefficient (Wildman–Crippen LogP) is 5.90. The topological polar surface area (TPSA) is 63.7 Å². The monoisotopic (exact) mass is 493 g/mol. The molecule has 0 bridgehead atoms. The smallest absolute Gasteiger partial charge is 0.343 e. The van der Waals surface area contributed by atoms with Gasteiger partial charge in [0.1, 0.15) is 5.75 Å². The van der Waals surface area contributed by atoms with Crippen molar-refractivity contribution >= 4 is 50.9 Å². The zero-order valence-corrected chi connectivity index (χ0v) is 18.6. The van der Waals surface area contributed by atoms with Crippen LogP contribution in [0, 0.1) is 0 Å². The third-order valence-corrected chi connectivity index (χ3v) is 5.94. The third kappa shape index (κ3) is 5.13. The maximum Gasteiger partial charge on any atom is 0.343 e. The number of carbonyl (C=O) groups is 3. The fourth-order valence-corrected chi connectivity index (χ4v) is 4.07. The molecule has 4 rings (SSSR count). The fraction of sp³-hybridized carbons (Fsp3) is 0.0417. The molecule has 0 spiro atoms. The van der Waals surface area contributed by atoms with E-state index in [2.05, 4.69) is 15.9 Å². The van der Waals surface area contributed by atoms with Crippen LogP contribution in [-0.2, 0) is 11.3 Å². The lowest BCUT2D eigenvalue weighted by atomic mass is 10.2. The number of rotatable bonds is 5. The molecule has 0 aromatic heterocycles. The average molecular weight is 494 g/mol. The first-order valence-corrected chi connectivity index (χ1v) is 11.0. The predicted molar refractivity (Wildman–Crippen MR) is 123 cm³/mol. The molecule has 1 aliphatic heterocycles. The van der Waals surface area contributed by atoms with Gasteiger partial charge in [-0.2, -0.15) is 0 Å². The van der Waals surface area contributed by atoms with Gasteiger partial charge in [0.25, 0.3) is 11.1 Å². The summed E-state index contributed by atoms with van der Waals surface area (Å²) in [6, 6.07) is 23.0. The highest BCUT2D eigenvalue weighted by Gasteiger charge is 2.34. The molecule has 0 unspecified atom stereocenters. The number of nitrogens with zero attached hydrogens (tertiary/aromatic N) is 1. The number of carbonyl (C=O) groups excluding carboxylic acids is 3. The van der Waals surface area contributed by atoms with Crippen molar-refractivity contribution in [2.75, 3.05) is 0 Å². The molecule has 0 saturated carbocycles. The number of halogens is 1. The van der Waals surface area contributed by atoms with Gasteiger partial charge in [-0.05, 0) is 65.4 Å². The van der Waals surface area contributed by atoms with Crippen molar-refractivity contribution in [2.45, 2.75) is 6.54 Å². The molecule has 0 atom stereocenters. The Hall–Kier alpha value is -3.16. The van der Waals surface area contributed by atoms with E-state index in [-0.39, 0.29) is 17.7 Å². The van der Waals surface area contributed by atoms with Crippen LogP contribution >= 0.6 is 27.7 Å². The second kappa shape index (κ2) is 9.32. The van der Waals surface area contributed by atoms with Gasteiger partial charge in [-0.25, -0.2) is 4.79 Å². The molecule has 0 N–H and O–H groups in total. The van der Waals surface area contributed by atoms with Gasteiger partial charge in [0.15, 0.2) is 0 Å².